The third-order valence-corrected chi connectivity index (χ3v) is 3.88. The molecule has 0 aromatic heterocycles. The molecular formula is C19H23ClN2O2. The Hall–Kier alpha value is -2.20. The second kappa shape index (κ2) is 8.60. The standard InChI is InChI=1S/C19H23ClN2O2/c1-4-8-17(14-9-6-5-7-10-14)24-18-12-11-15(13-16(18)20)21-19(23)22(2)3/h5-7,9-13,17H,4,8H2,1-3H3,(H,21,23). The fraction of sp³-hybridized carbons (Fsp3) is 0.316. The molecule has 4 nitrogen and oxygen atoms in total. The fourth-order valence-electron chi connectivity index (χ4n) is 2.29. The van der Waals surface area contributed by atoms with Crippen LogP contribution in [0.3, 0.4) is 0 Å². The first-order valence-electron chi connectivity index (χ1n) is 8.00. The molecule has 1 N–H and O–H groups in total. The van der Waals surface area contributed by atoms with Gasteiger partial charge in [0.15, 0.2) is 0 Å². The van der Waals surface area contributed by atoms with Crippen molar-refractivity contribution >= 4 is 23.3 Å². The van der Waals surface area contributed by atoms with E-state index in [1.807, 2.05) is 18.2 Å². The number of carbonyl (C=O) groups excluding carboxylic acids is 1. The highest BCUT2D eigenvalue weighted by atomic mass is 35.5. The van der Waals surface area contributed by atoms with Crippen LogP contribution < -0.4 is 10.1 Å². The Kier molecular flexibility index (Phi) is 6.50. The van der Waals surface area contributed by atoms with Gasteiger partial charge in [0.1, 0.15) is 11.9 Å². The molecule has 24 heavy (non-hydrogen) atoms. The highest BCUT2D eigenvalue weighted by molar-refractivity contribution is 6.32. The molecule has 1 atom stereocenters. The summed E-state index contributed by atoms with van der Waals surface area (Å²) in [7, 11) is 3.37. The number of nitrogens with zero attached hydrogens (tertiary/aromatic N) is 1. The van der Waals surface area contributed by atoms with E-state index in [0.29, 0.717) is 16.5 Å². The SMILES string of the molecule is CCCC(Oc1ccc(NC(=O)N(C)C)cc1Cl)c1ccccc1. The number of halogens is 1. The molecular weight excluding hydrogens is 324 g/mol. The van der Waals surface area contributed by atoms with Gasteiger partial charge in [-0.15, -0.1) is 0 Å². The summed E-state index contributed by atoms with van der Waals surface area (Å²) in [6.45, 7) is 2.13. The molecule has 128 valence electrons. The van der Waals surface area contributed by atoms with Gasteiger partial charge in [0.25, 0.3) is 0 Å². The van der Waals surface area contributed by atoms with Crippen molar-refractivity contribution in [3.8, 4) is 5.75 Å². The first kappa shape index (κ1) is 18.1. The number of urea groups is 1. The van der Waals surface area contributed by atoms with Gasteiger partial charge in [-0.25, -0.2) is 4.79 Å². The largest absolute Gasteiger partial charge is 0.484 e. The smallest absolute Gasteiger partial charge is 0.321 e. The Labute approximate surface area is 148 Å². The maximum atomic E-state index is 11.7. The maximum absolute atomic E-state index is 11.7. The van der Waals surface area contributed by atoms with Gasteiger partial charge < -0.3 is 15.0 Å². The zero-order valence-corrected chi connectivity index (χ0v) is 15.0. The molecule has 0 aliphatic heterocycles. The molecule has 2 aromatic carbocycles. The Morgan fingerprint density at radius 2 is 1.92 bits per heavy atom. The Morgan fingerprint density at radius 3 is 2.50 bits per heavy atom. The lowest BCUT2D eigenvalue weighted by molar-refractivity contribution is 0.194. The van der Waals surface area contributed by atoms with Crippen molar-refractivity contribution in [3.05, 3.63) is 59.1 Å². The summed E-state index contributed by atoms with van der Waals surface area (Å²) in [4.78, 5) is 13.2. The second-order valence-electron chi connectivity index (χ2n) is 5.78. The first-order valence-corrected chi connectivity index (χ1v) is 8.38. The predicted molar refractivity (Wildman–Crippen MR) is 98.9 cm³/mol. The summed E-state index contributed by atoms with van der Waals surface area (Å²) >= 11 is 6.33. The quantitative estimate of drug-likeness (QED) is 0.765. The normalized spacial score (nSPS) is 11.7. The minimum atomic E-state index is -0.201. The van der Waals surface area contributed by atoms with Gasteiger partial charge in [0, 0.05) is 19.8 Å². The summed E-state index contributed by atoms with van der Waals surface area (Å²) in [5, 5.41) is 3.24. The molecule has 0 spiro atoms. The van der Waals surface area contributed by atoms with Crippen molar-refractivity contribution in [3.63, 3.8) is 0 Å². The van der Waals surface area contributed by atoms with E-state index in [1.165, 1.54) is 4.90 Å². The van der Waals surface area contributed by atoms with Crippen LogP contribution in [0.4, 0.5) is 10.5 Å². The average Bonchev–Trinajstić information content (AvgIpc) is 2.57. The van der Waals surface area contributed by atoms with E-state index in [0.717, 1.165) is 18.4 Å². The van der Waals surface area contributed by atoms with Crippen LogP contribution in [0.5, 0.6) is 5.75 Å². The van der Waals surface area contributed by atoms with Crippen LogP contribution in [0.1, 0.15) is 31.4 Å². The lowest BCUT2D eigenvalue weighted by Crippen LogP contribution is -2.27. The molecule has 0 saturated carbocycles. The molecule has 0 radical (unpaired) electrons. The molecule has 1 unspecified atom stereocenters. The van der Waals surface area contributed by atoms with Crippen molar-refractivity contribution < 1.29 is 9.53 Å². The Bertz CT molecular complexity index is 674. The van der Waals surface area contributed by atoms with Crippen LogP contribution in [0.15, 0.2) is 48.5 Å². The molecule has 0 heterocycles. The van der Waals surface area contributed by atoms with Crippen LogP contribution in [-0.2, 0) is 0 Å². The van der Waals surface area contributed by atoms with Crippen molar-refractivity contribution in [2.45, 2.75) is 25.9 Å². The first-order chi connectivity index (χ1) is 11.5. The van der Waals surface area contributed by atoms with E-state index in [2.05, 4.69) is 24.4 Å². The lowest BCUT2D eigenvalue weighted by Gasteiger charge is -2.20. The van der Waals surface area contributed by atoms with Gasteiger partial charge in [0.05, 0.1) is 5.02 Å². The topological polar surface area (TPSA) is 41.6 Å². The van der Waals surface area contributed by atoms with Gasteiger partial charge in [-0.2, -0.15) is 0 Å². The third kappa shape index (κ3) is 4.90. The maximum Gasteiger partial charge on any atom is 0.321 e. The van der Waals surface area contributed by atoms with Crippen molar-refractivity contribution in [2.24, 2.45) is 0 Å². The van der Waals surface area contributed by atoms with Crippen LogP contribution in [-0.4, -0.2) is 25.0 Å². The van der Waals surface area contributed by atoms with Crippen LogP contribution in [0.25, 0.3) is 0 Å². The van der Waals surface area contributed by atoms with Gasteiger partial charge in [-0.1, -0.05) is 55.3 Å². The van der Waals surface area contributed by atoms with E-state index in [9.17, 15) is 4.79 Å². The number of anilines is 1. The van der Waals surface area contributed by atoms with E-state index in [-0.39, 0.29) is 12.1 Å². The number of hydrogen-bond acceptors (Lipinski definition) is 2. The number of ether oxygens (including phenoxy) is 1. The number of carbonyl (C=O) groups is 1. The molecule has 0 bridgehead atoms. The van der Waals surface area contributed by atoms with Gasteiger partial charge in [-0.3, -0.25) is 0 Å². The predicted octanol–water partition coefficient (Wildman–Crippen LogP) is 5.35. The monoisotopic (exact) mass is 346 g/mol. The molecule has 0 saturated heterocycles. The van der Waals surface area contributed by atoms with E-state index < -0.39 is 0 Å². The number of hydrogen-bond donors (Lipinski definition) is 1. The Morgan fingerprint density at radius 1 is 1.21 bits per heavy atom. The third-order valence-electron chi connectivity index (χ3n) is 3.58. The van der Waals surface area contributed by atoms with Gasteiger partial charge in [0.2, 0.25) is 0 Å². The number of rotatable bonds is 6. The van der Waals surface area contributed by atoms with E-state index in [1.54, 1.807) is 32.3 Å². The zero-order chi connectivity index (χ0) is 17.5. The van der Waals surface area contributed by atoms with Gasteiger partial charge in [-0.05, 0) is 30.2 Å². The van der Waals surface area contributed by atoms with Crippen LogP contribution >= 0.6 is 11.6 Å². The van der Waals surface area contributed by atoms with Crippen LogP contribution in [0.2, 0.25) is 5.02 Å². The summed E-state index contributed by atoms with van der Waals surface area (Å²) in [6, 6.07) is 15.2. The summed E-state index contributed by atoms with van der Waals surface area (Å²) in [6.07, 6.45) is 1.86. The van der Waals surface area contributed by atoms with E-state index >= 15 is 0 Å². The van der Waals surface area contributed by atoms with Crippen molar-refractivity contribution in [2.75, 3.05) is 19.4 Å². The summed E-state index contributed by atoms with van der Waals surface area (Å²) < 4.78 is 6.12. The number of nitrogens with one attached hydrogen (secondary N) is 1. The molecule has 0 aliphatic rings. The van der Waals surface area contributed by atoms with Crippen LogP contribution in [0, 0.1) is 0 Å². The van der Waals surface area contributed by atoms with Crippen molar-refractivity contribution in [1.82, 2.24) is 4.90 Å². The second-order valence-corrected chi connectivity index (χ2v) is 6.18. The van der Waals surface area contributed by atoms with Crippen molar-refractivity contribution in [1.29, 1.82) is 0 Å². The van der Waals surface area contributed by atoms with Gasteiger partial charge >= 0.3 is 6.03 Å². The highest BCUT2D eigenvalue weighted by Gasteiger charge is 2.15. The minimum absolute atomic E-state index is 0.0454. The molecule has 0 aliphatic carbocycles. The lowest BCUT2D eigenvalue weighted by atomic mass is 10.1. The number of amides is 2. The molecule has 0 fully saturated rings. The molecule has 2 aromatic rings. The summed E-state index contributed by atoms with van der Waals surface area (Å²) in [5.41, 5.74) is 1.76. The molecule has 5 heteroatoms. The number of benzene rings is 2. The summed E-state index contributed by atoms with van der Waals surface area (Å²) in [5.74, 6) is 0.613. The fourth-order valence-corrected chi connectivity index (χ4v) is 2.51. The molecule has 2 amide bonds. The average molecular weight is 347 g/mol. The Balaban J connectivity index is 2.14. The molecule has 2 rings (SSSR count). The minimum Gasteiger partial charge on any atom is -0.484 e. The van der Waals surface area contributed by atoms with E-state index in [4.69, 9.17) is 16.3 Å². The zero-order valence-electron chi connectivity index (χ0n) is 14.3. The highest BCUT2D eigenvalue weighted by Crippen LogP contribution is 2.33.